The van der Waals surface area contributed by atoms with Crippen LogP contribution in [0, 0.1) is 11.8 Å². The van der Waals surface area contributed by atoms with Gasteiger partial charge in [-0.3, -0.25) is 28.8 Å². The number of carbonyl (C=O) groups excluding carboxylic acids is 6. The first-order valence-electron chi connectivity index (χ1n) is 21.4. The van der Waals surface area contributed by atoms with Crippen molar-refractivity contribution < 1.29 is 33.2 Å². The highest BCUT2D eigenvalue weighted by Crippen LogP contribution is 2.25. The van der Waals surface area contributed by atoms with Crippen LogP contribution in [-0.2, 0) is 28.8 Å². The van der Waals surface area contributed by atoms with Crippen molar-refractivity contribution in [2.24, 2.45) is 0 Å². The third kappa shape index (κ3) is 22.9. The normalized spacial score (nSPS) is 17.4. The summed E-state index contributed by atoms with van der Waals surface area (Å²) in [5, 5.41) is 23.9. The third-order valence-electron chi connectivity index (χ3n) is 10.4. The molecule has 5 atom stereocenters. The number of ketones is 2. The molecule has 0 spiro atoms. The molecule has 0 aromatic rings. The van der Waals surface area contributed by atoms with E-state index in [1.807, 2.05) is 14.1 Å². The average Bonchev–Trinajstić information content (AvgIpc) is 3.17. The Morgan fingerprint density at radius 2 is 1.09 bits per heavy atom. The van der Waals surface area contributed by atoms with Gasteiger partial charge in [-0.1, -0.05) is 31.1 Å². The first kappa shape index (κ1) is 51.6. The number of alkyl halides is 1. The molecule has 0 bridgehead atoms. The molecule has 5 unspecified atom stereocenters. The largest absolute Gasteiger partial charge is 0.356 e. The van der Waals surface area contributed by atoms with Crippen molar-refractivity contribution in [3.05, 3.63) is 0 Å². The van der Waals surface area contributed by atoms with Gasteiger partial charge in [0.2, 0.25) is 29.3 Å². The lowest BCUT2D eigenvalue weighted by Crippen LogP contribution is -2.54. The zero-order valence-electron chi connectivity index (χ0n) is 35.6. The number of hydrogen-bond acceptors (Lipinski definition) is 10. The monoisotopic (exact) mass is 807 g/mol. The first-order chi connectivity index (χ1) is 27.4. The molecule has 326 valence electrons. The quantitative estimate of drug-likeness (QED) is 0.0361. The molecule has 8 N–H and O–H groups in total. The number of unbranched alkanes of at least 4 members (excludes halogenated alkanes) is 4. The molecule has 0 fully saturated rings. The first-order valence-corrected chi connectivity index (χ1v) is 21.4. The van der Waals surface area contributed by atoms with E-state index in [2.05, 4.69) is 54.4 Å². The predicted octanol–water partition coefficient (Wildman–Crippen LogP) is 2.49. The van der Waals surface area contributed by atoms with Crippen LogP contribution >= 0.6 is 0 Å². The summed E-state index contributed by atoms with van der Waals surface area (Å²) in [5.74, 6) is 3.48. The molecule has 14 nitrogen and oxygen atoms in total. The Morgan fingerprint density at radius 3 is 1.67 bits per heavy atom. The second-order valence-electron chi connectivity index (χ2n) is 15.2. The summed E-state index contributed by atoms with van der Waals surface area (Å²) in [6.07, 6.45) is 11.3. The van der Waals surface area contributed by atoms with E-state index >= 15 is 4.39 Å². The summed E-state index contributed by atoms with van der Waals surface area (Å²) in [6, 6.07) is -2.41. The molecule has 0 saturated heterocycles. The van der Waals surface area contributed by atoms with Crippen molar-refractivity contribution in [1.29, 1.82) is 0 Å². The average molecular weight is 807 g/mol. The van der Waals surface area contributed by atoms with E-state index in [0.29, 0.717) is 70.9 Å². The molecule has 0 aromatic carbocycles. The Labute approximate surface area is 341 Å². The van der Waals surface area contributed by atoms with Crippen molar-refractivity contribution in [2.45, 2.75) is 165 Å². The Kier molecular flexibility index (Phi) is 28.5. The highest BCUT2D eigenvalue weighted by Gasteiger charge is 2.35. The zero-order chi connectivity index (χ0) is 42.3. The molecule has 15 heteroatoms. The van der Waals surface area contributed by atoms with Gasteiger partial charge in [-0.2, -0.15) is 0 Å². The lowest BCUT2D eigenvalue weighted by atomic mass is 9.89. The number of Topliss-reactive ketones (excluding diaryl/α,β-unsaturated/α-hetero) is 2. The van der Waals surface area contributed by atoms with Gasteiger partial charge in [0.25, 0.3) is 0 Å². The predicted molar refractivity (Wildman–Crippen MR) is 223 cm³/mol. The van der Waals surface area contributed by atoms with Crippen LogP contribution in [0.5, 0.6) is 0 Å². The molecule has 1 aliphatic carbocycles. The fourth-order valence-electron chi connectivity index (χ4n) is 6.74. The summed E-state index contributed by atoms with van der Waals surface area (Å²) in [7, 11) is 7.26. The fourth-order valence-corrected chi connectivity index (χ4v) is 6.74. The topological polar surface area (TPSA) is 199 Å². The molecule has 0 aliphatic heterocycles. The van der Waals surface area contributed by atoms with Gasteiger partial charge in [-0.25, -0.2) is 4.39 Å². The molecule has 0 aromatic heterocycles. The minimum Gasteiger partial charge on any atom is -0.356 e. The van der Waals surface area contributed by atoms with Gasteiger partial charge in [0.15, 0.2) is 11.6 Å². The summed E-state index contributed by atoms with van der Waals surface area (Å²) >= 11 is 0. The number of rotatable bonds is 33. The minimum absolute atomic E-state index is 0.0440. The van der Waals surface area contributed by atoms with E-state index in [-0.39, 0.29) is 55.2 Å². The van der Waals surface area contributed by atoms with E-state index < -0.39 is 35.5 Å². The van der Waals surface area contributed by atoms with Crippen molar-refractivity contribution >= 4 is 35.2 Å². The van der Waals surface area contributed by atoms with Crippen LogP contribution in [0.4, 0.5) is 4.39 Å². The third-order valence-corrected chi connectivity index (χ3v) is 10.4. The van der Waals surface area contributed by atoms with Crippen LogP contribution in [0.1, 0.15) is 135 Å². The Balaban J connectivity index is 2.67. The number of nitrogens with one attached hydrogen (secondary N) is 8. The molecular formula is C42H75FN8O6. The zero-order valence-corrected chi connectivity index (χ0v) is 35.6. The Hall–Kier alpha value is -3.45. The van der Waals surface area contributed by atoms with Crippen LogP contribution in [0.15, 0.2) is 0 Å². The van der Waals surface area contributed by atoms with Crippen LogP contribution in [0.2, 0.25) is 0 Å². The molecule has 4 amide bonds. The fraction of sp³-hybridized carbons (Fsp3) is 0.810. The van der Waals surface area contributed by atoms with Gasteiger partial charge >= 0.3 is 0 Å². The van der Waals surface area contributed by atoms with Gasteiger partial charge in [0, 0.05) is 38.8 Å². The van der Waals surface area contributed by atoms with Gasteiger partial charge < -0.3 is 42.5 Å². The standard InChI is InChI=1S/C42H75FN8O6/c1-32(52)33(20-11-17-30-48-38(54)25-19-24-37(53)42(43)26-13-7-6-8-14-27-42)50-41(57)36(51-40(56)35(47-5)22-10-16-29-45-3)23-12-18-31-49-39(55)34(46-4)21-9-15-28-44-2/h33-36,44-47H,6-13,15-26,28-31H2,1-5H3,(H,48,54)(H,49,55)(H,50,57)(H,51,56). The summed E-state index contributed by atoms with van der Waals surface area (Å²) in [4.78, 5) is 77.2. The molecule has 1 rings (SSSR count). The van der Waals surface area contributed by atoms with Crippen molar-refractivity contribution in [3.8, 4) is 11.8 Å². The second-order valence-corrected chi connectivity index (χ2v) is 15.2. The van der Waals surface area contributed by atoms with Crippen LogP contribution in [0.25, 0.3) is 0 Å². The summed E-state index contributed by atoms with van der Waals surface area (Å²) in [6.45, 7) is 3.93. The smallest absolute Gasteiger partial charge is 0.243 e. The Morgan fingerprint density at radius 1 is 0.579 bits per heavy atom. The summed E-state index contributed by atoms with van der Waals surface area (Å²) in [5.41, 5.74) is -2.12. The maximum Gasteiger partial charge on any atom is 0.243 e. The number of carbonyl (C=O) groups is 6. The number of hydrogen-bond donors (Lipinski definition) is 8. The van der Waals surface area contributed by atoms with Crippen molar-refractivity contribution in [1.82, 2.24) is 42.5 Å². The van der Waals surface area contributed by atoms with E-state index in [9.17, 15) is 28.8 Å². The molecule has 0 heterocycles. The number of likely N-dealkylation sites (N-methyl/N-ethyl adjacent to an activating group) is 2. The Bertz CT molecular complexity index is 1280. The molecule has 57 heavy (non-hydrogen) atoms. The molecule has 0 saturated carbocycles. The lowest BCUT2D eigenvalue weighted by Gasteiger charge is -2.24. The summed E-state index contributed by atoms with van der Waals surface area (Å²) < 4.78 is 15.1. The highest BCUT2D eigenvalue weighted by molar-refractivity contribution is 5.93. The number of amides is 4. The minimum atomic E-state index is -2.12. The van der Waals surface area contributed by atoms with Gasteiger partial charge in [-0.05, 0) is 132 Å². The van der Waals surface area contributed by atoms with Crippen molar-refractivity contribution in [3.63, 3.8) is 0 Å². The van der Waals surface area contributed by atoms with E-state index in [4.69, 9.17) is 0 Å². The molecular weight excluding hydrogens is 732 g/mol. The second kappa shape index (κ2) is 31.5. The van der Waals surface area contributed by atoms with Crippen LogP contribution in [-0.4, -0.2) is 119 Å². The van der Waals surface area contributed by atoms with Crippen LogP contribution < -0.4 is 42.5 Å². The van der Waals surface area contributed by atoms with Gasteiger partial charge in [0.05, 0.1) is 18.1 Å². The van der Waals surface area contributed by atoms with E-state index in [1.54, 1.807) is 14.1 Å². The maximum absolute atomic E-state index is 15.1. The van der Waals surface area contributed by atoms with E-state index in [0.717, 1.165) is 58.0 Å². The van der Waals surface area contributed by atoms with Crippen LogP contribution in [0.3, 0.4) is 0 Å². The molecule has 1 aliphatic rings. The van der Waals surface area contributed by atoms with Gasteiger partial charge in [0.1, 0.15) is 6.04 Å². The van der Waals surface area contributed by atoms with Gasteiger partial charge in [-0.15, -0.1) is 0 Å². The maximum atomic E-state index is 15.1. The highest BCUT2D eigenvalue weighted by atomic mass is 19.1. The number of halogens is 1. The molecule has 0 radical (unpaired) electrons. The van der Waals surface area contributed by atoms with Crippen molar-refractivity contribution in [2.75, 3.05) is 54.4 Å². The lowest BCUT2D eigenvalue weighted by molar-refractivity contribution is -0.132. The SMILES string of the molecule is CNCCCCC(NC)C(=O)NCCCCC(NC(=O)C(CCCCNC)NC)C(=O)NC(CCCCNC(=O)CCCC(=O)C1(F)C#CCCCCC1)C(C)=O. The van der Waals surface area contributed by atoms with E-state index in [1.165, 1.54) is 6.92 Å².